The zero-order chi connectivity index (χ0) is 7.56. The fourth-order valence-electron chi connectivity index (χ4n) is 0.961. The van der Waals surface area contributed by atoms with Gasteiger partial charge in [0.2, 0.25) is 0 Å². The van der Waals surface area contributed by atoms with Crippen molar-refractivity contribution in [3.8, 4) is 0 Å². The summed E-state index contributed by atoms with van der Waals surface area (Å²) in [6.45, 7) is 1.76. The quantitative estimate of drug-likeness (QED) is 0.533. The van der Waals surface area contributed by atoms with Gasteiger partial charge in [0.25, 0.3) is 0 Å². The number of ether oxygens (including phenoxy) is 1. The summed E-state index contributed by atoms with van der Waals surface area (Å²) < 4.78 is 4.74. The molecule has 0 aromatic rings. The van der Waals surface area contributed by atoms with E-state index in [0.717, 1.165) is 5.57 Å². The Morgan fingerprint density at radius 3 is 3.10 bits per heavy atom. The van der Waals surface area contributed by atoms with Crippen LogP contribution in [0.1, 0.15) is 13.3 Å². The smallest absolute Gasteiger partial charge is 0.331 e. The highest BCUT2D eigenvalue weighted by Gasteiger charge is 2.17. The summed E-state index contributed by atoms with van der Waals surface area (Å²) in [5.74, 6) is -0.345. The van der Waals surface area contributed by atoms with Crippen LogP contribution in [0.15, 0.2) is 11.6 Å². The van der Waals surface area contributed by atoms with Gasteiger partial charge >= 0.3 is 5.97 Å². The Balaban J connectivity index is 2.60. The fourth-order valence-corrected chi connectivity index (χ4v) is 0.961. The third-order valence-corrected chi connectivity index (χ3v) is 1.40. The Bertz CT molecular complexity index is 172. The minimum Gasteiger partial charge on any atom is -0.456 e. The van der Waals surface area contributed by atoms with Crippen LogP contribution in [-0.4, -0.2) is 23.8 Å². The first kappa shape index (κ1) is 7.28. The zero-order valence-corrected chi connectivity index (χ0v) is 5.83. The molecule has 1 aliphatic heterocycles. The average Bonchev–Trinajstić information content (AvgIpc) is 1.85. The zero-order valence-electron chi connectivity index (χ0n) is 5.83. The Morgan fingerprint density at radius 2 is 2.60 bits per heavy atom. The molecule has 1 rings (SSSR count). The van der Waals surface area contributed by atoms with E-state index in [-0.39, 0.29) is 18.7 Å². The third-order valence-electron chi connectivity index (χ3n) is 1.40. The molecule has 0 saturated carbocycles. The van der Waals surface area contributed by atoms with Gasteiger partial charge in [-0.2, -0.15) is 0 Å². The van der Waals surface area contributed by atoms with E-state index in [0.29, 0.717) is 6.42 Å². The predicted molar refractivity (Wildman–Crippen MR) is 35.3 cm³/mol. The van der Waals surface area contributed by atoms with E-state index in [9.17, 15) is 4.79 Å². The number of hydrogen-bond acceptors (Lipinski definition) is 3. The lowest BCUT2D eigenvalue weighted by atomic mass is 10.1. The summed E-state index contributed by atoms with van der Waals surface area (Å²) in [5.41, 5.74) is 0.968. The molecule has 0 bridgehead atoms. The van der Waals surface area contributed by atoms with Crippen molar-refractivity contribution in [1.82, 2.24) is 0 Å². The number of cyclic esters (lactones) is 1. The largest absolute Gasteiger partial charge is 0.456 e. The summed E-state index contributed by atoms with van der Waals surface area (Å²) in [6.07, 6.45) is 1.78. The topological polar surface area (TPSA) is 46.5 Å². The monoisotopic (exact) mass is 142 g/mol. The van der Waals surface area contributed by atoms with Crippen LogP contribution in [0.25, 0.3) is 0 Å². The predicted octanol–water partition coefficient (Wildman–Crippen LogP) is 0.240. The fraction of sp³-hybridized carbons (Fsp3) is 0.571. The number of aliphatic hydroxyl groups excluding tert-OH is 1. The van der Waals surface area contributed by atoms with Gasteiger partial charge in [-0.05, 0) is 6.92 Å². The Labute approximate surface area is 59.3 Å². The van der Waals surface area contributed by atoms with Gasteiger partial charge in [-0.1, -0.05) is 5.57 Å². The van der Waals surface area contributed by atoms with Gasteiger partial charge < -0.3 is 9.84 Å². The highest BCUT2D eigenvalue weighted by atomic mass is 16.6. The molecule has 0 aromatic heterocycles. The number of rotatable bonds is 1. The molecule has 0 spiro atoms. The van der Waals surface area contributed by atoms with Gasteiger partial charge in [-0.3, -0.25) is 0 Å². The number of hydrogen-bond donors (Lipinski definition) is 1. The first-order valence-electron chi connectivity index (χ1n) is 3.21. The lowest BCUT2D eigenvalue weighted by Crippen LogP contribution is -2.25. The molecule has 0 fully saturated rings. The second-order valence-corrected chi connectivity index (χ2v) is 2.44. The van der Waals surface area contributed by atoms with Gasteiger partial charge in [0.05, 0.1) is 6.61 Å². The van der Waals surface area contributed by atoms with Crippen LogP contribution < -0.4 is 0 Å². The molecule has 1 heterocycles. The first-order valence-corrected chi connectivity index (χ1v) is 3.21. The molecule has 0 unspecified atom stereocenters. The van der Waals surface area contributed by atoms with Crippen molar-refractivity contribution in [2.45, 2.75) is 19.4 Å². The van der Waals surface area contributed by atoms with E-state index in [4.69, 9.17) is 9.84 Å². The molecule has 56 valence electrons. The molecule has 10 heavy (non-hydrogen) atoms. The van der Waals surface area contributed by atoms with E-state index in [1.165, 1.54) is 6.08 Å². The van der Waals surface area contributed by atoms with Crippen molar-refractivity contribution < 1.29 is 14.6 Å². The third kappa shape index (κ3) is 1.57. The maximum atomic E-state index is 10.6. The van der Waals surface area contributed by atoms with Crippen molar-refractivity contribution in [2.24, 2.45) is 0 Å². The van der Waals surface area contributed by atoms with E-state index in [1.807, 2.05) is 6.92 Å². The van der Waals surface area contributed by atoms with Crippen molar-refractivity contribution in [3.63, 3.8) is 0 Å². The number of carbonyl (C=O) groups excluding carboxylic acids is 1. The molecule has 0 saturated heterocycles. The molecular weight excluding hydrogens is 132 g/mol. The maximum Gasteiger partial charge on any atom is 0.331 e. The van der Waals surface area contributed by atoms with Crippen LogP contribution in [-0.2, 0) is 9.53 Å². The van der Waals surface area contributed by atoms with Crippen LogP contribution in [0, 0.1) is 0 Å². The van der Waals surface area contributed by atoms with Gasteiger partial charge in [0, 0.05) is 12.5 Å². The molecule has 3 heteroatoms. The minimum absolute atomic E-state index is 0.0864. The standard InChI is InChI=1S/C7H10O3/c1-5-2-6(4-8)10-7(9)3-5/h3,6,8H,2,4H2,1H3/t6-/m1/s1. The van der Waals surface area contributed by atoms with Crippen molar-refractivity contribution in [3.05, 3.63) is 11.6 Å². The minimum atomic E-state index is -0.345. The van der Waals surface area contributed by atoms with Crippen LogP contribution in [0.3, 0.4) is 0 Å². The number of carbonyl (C=O) groups is 1. The van der Waals surface area contributed by atoms with Crippen molar-refractivity contribution in [1.29, 1.82) is 0 Å². The molecule has 3 nitrogen and oxygen atoms in total. The summed E-state index contributed by atoms with van der Waals surface area (Å²) in [7, 11) is 0. The lowest BCUT2D eigenvalue weighted by molar-refractivity contribution is -0.146. The van der Waals surface area contributed by atoms with Crippen molar-refractivity contribution >= 4 is 5.97 Å². The molecule has 1 atom stereocenters. The second-order valence-electron chi connectivity index (χ2n) is 2.44. The SMILES string of the molecule is CC1=CC(=O)O[C@@H](CO)C1. The van der Waals surface area contributed by atoms with Crippen LogP contribution in [0.5, 0.6) is 0 Å². The van der Waals surface area contributed by atoms with E-state index in [2.05, 4.69) is 0 Å². The van der Waals surface area contributed by atoms with Gasteiger partial charge in [-0.25, -0.2) is 4.79 Å². The average molecular weight is 142 g/mol. The van der Waals surface area contributed by atoms with Gasteiger partial charge in [-0.15, -0.1) is 0 Å². The van der Waals surface area contributed by atoms with Crippen LogP contribution in [0.2, 0.25) is 0 Å². The Morgan fingerprint density at radius 1 is 1.90 bits per heavy atom. The van der Waals surface area contributed by atoms with E-state index >= 15 is 0 Å². The second kappa shape index (κ2) is 2.84. The van der Waals surface area contributed by atoms with E-state index in [1.54, 1.807) is 0 Å². The first-order chi connectivity index (χ1) is 4.72. The van der Waals surface area contributed by atoms with E-state index < -0.39 is 0 Å². The summed E-state index contributed by atoms with van der Waals surface area (Å²) in [4.78, 5) is 10.6. The molecule has 1 aliphatic rings. The van der Waals surface area contributed by atoms with Gasteiger partial charge in [0.1, 0.15) is 6.10 Å². The highest BCUT2D eigenvalue weighted by Crippen LogP contribution is 2.13. The Kier molecular flexibility index (Phi) is 2.06. The normalized spacial score (nSPS) is 25.6. The molecule has 0 aliphatic carbocycles. The van der Waals surface area contributed by atoms with Crippen LogP contribution in [0.4, 0.5) is 0 Å². The maximum absolute atomic E-state index is 10.6. The van der Waals surface area contributed by atoms with Crippen LogP contribution >= 0.6 is 0 Å². The van der Waals surface area contributed by atoms with Crippen molar-refractivity contribution in [2.75, 3.05) is 6.61 Å². The summed E-state index contributed by atoms with van der Waals surface area (Å²) in [5, 5.41) is 8.62. The number of esters is 1. The molecule has 0 aromatic carbocycles. The number of aliphatic hydroxyl groups is 1. The summed E-state index contributed by atoms with van der Waals surface area (Å²) >= 11 is 0. The highest BCUT2D eigenvalue weighted by molar-refractivity contribution is 5.83. The molecule has 0 radical (unpaired) electrons. The van der Waals surface area contributed by atoms with Gasteiger partial charge in [0.15, 0.2) is 0 Å². The lowest BCUT2D eigenvalue weighted by Gasteiger charge is -2.18. The molecule has 1 N–H and O–H groups in total. The Hall–Kier alpha value is -0.830. The molecule has 0 amide bonds. The summed E-state index contributed by atoms with van der Waals surface area (Å²) in [6, 6.07) is 0. The molecular formula is C7H10O3.